The molecule has 0 radical (unpaired) electrons. The summed E-state index contributed by atoms with van der Waals surface area (Å²) in [5.41, 5.74) is 0.217. The Hall–Kier alpha value is -0.410. The van der Waals surface area contributed by atoms with Crippen molar-refractivity contribution in [3.05, 3.63) is 16.6 Å². The number of nitrogens with one attached hydrogen (secondary N) is 1. The number of hydrogen-bond acceptors (Lipinski definition) is 3. The summed E-state index contributed by atoms with van der Waals surface area (Å²) in [5, 5.41) is 7.38. The lowest BCUT2D eigenvalue weighted by Crippen LogP contribution is -2.47. The van der Waals surface area contributed by atoms with Gasteiger partial charge >= 0.3 is 0 Å². The summed E-state index contributed by atoms with van der Waals surface area (Å²) in [4.78, 5) is 4.62. The van der Waals surface area contributed by atoms with Crippen LogP contribution in [0.2, 0.25) is 0 Å². The highest BCUT2D eigenvalue weighted by Crippen LogP contribution is 2.43. The molecule has 1 heterocycles. The Labute approximate surface area is 108 Å². The monoisotopic (exact) mass is 250 g/mol. The zero-order valence-electron chi connectivity index (χ0n) is 10.6. The minimum Gasteiger partial charge on any atom is -0.303 e. The minimum absolute atomic E-state index is 0.217. The molecule has 3 heteroatoms. The molecule has 1 aromatic rings. The van der Waals surface area contributed by atoms with Gasteiger partial charge in [-0.15, -0.1) is 11.3 Å². The van der Waals surface area contributed by atoms with Crippen LogP contribution in [-0.4, -0.2) is 11.0 Å². The Bertz CT molecular complexity index is 358. The van der Waals surface area contributed by atoms with Crippen LogP contribution < -0.4 is 5.32 Å². The third kappa shape index (κ3) is 2.41. The third-order valence-corrected chi connectivity index (χ3v) is 5.31. The highest BCUT2D eigenvalue weighted by atomic mass is 32.1. The second-order valence-corrected chi connectivity index (χ2v) is 6.60. The van der Waals surface area contributed by atoms with Gasteiger partial charge in [-0.25, -0.2) is 4.98 Å². The van der Waals surface area contributed by atoms with E-state index in [9.17, 15) is 0 Å². The van der Waals surface area contributed by atoms with Gasteiger partial charge in [-0.2, -0.15) is 0 Å². The molecule has 0 spiro atoms. The van der Waals surface area contributed by atoms with Gasteiger partial charge in [-0.1, -0.05) is 26.2 Å². The molecule has 1 N–H and O–H groups in total. The van der Waals surface area contributed by atoms with Crippen LogP contribution in [0.3, 0.4) is 0 Å². The van der Waals surface area contributed by atoms with Gasteiger partial charge in [0.05, 0.1) is 5.54 Å². The van der Waals surface area contributed by atoms with Crippen LogP contribution in [0.15, 0.2) is 11.6 Å². The van der Waals surface area contributed by atoms with E-state index in [1.807, 2.05) is 17.5 Å². The molecule has 2 unspecified atom stereocenters. The van der Waals surface area contributed by atoms with Crippen molar-refractivity contribution in [2.45, 2.75) is 63.5 Å². The molecular weight excluding hydrogens is 228 g/mol. The Morgan fingerprint density at radius 1 is 1.47 bits per heavy atom. The van der Waals surface area contributed by atoms with Crippen LogP contribution in [-0.2, 0) is 5.54 Å². The van der Waals surface area contributed by atoms with Crippen molar-refractivity contribution in [1.29, 1.82) is 0 Å². The summed E-state index contributed by atoms with van der Waals surface area (Å²) >= 11 is 1.84. The van der Waals surface area contributed by atoms with Gasteiger partial charge in [-0.3, -0.25) is 0 Å². The highest BCUT2D eigenvalue weighted by molar-refractivity contribution is 7.09. The molecule has 0 aliphatic heterocycles. The third-order valence-electron chi connectivity index (χ3n) is 4.33. The van der Waals surface area contributed by atoms with Gasteiger partial charge < -0.3 is 5.32 Å². The van der Waals surface area contributed by atoms with Gasteiger partial charge in [0, 0.05) is 17.6 Å². The summed E-state index contributed by atoms with van der Waals surface area (Å²) in [6.07, 6.45) is 11.4. The van der Waals surface area contributed by atoms with Crippen molar-refractivity contribution in [2.75, 3.05) is 0 Å². The van der Waals surface area contributed by atoms with Gasteiger partial charge in [0.1, 0.15) is 5.01 Å². The van der Waals surface area contributed by atoms with Crippen molar-refractivity contribution in [2.24, 2.45) is 5.92 Å². The lowest BCUT2D eigenvalue weighted by molar-refractivity contribution is 0.172. The predicted octanol–water partition coefficient (Wildman–Crippen LogP) is 3.69. The molecule has 2 aliphatic rings. The first-order valence-electron chi connectivity index (χ1n) is 7.00. The van der Waals surface area contributed by atoms with Crippen LogP contribution in [0, 0.1) is 5.92 Å². The molecule has 0 saturated heterocycles. The molecule has 2 atom stereocenters. The highest BCUT2D eigenvalue weighted by Gasteiger charge is 2.42. The van der Waals surface area contributed by atoms with E-state index >= 15 is 0 Å². The number of thiazole rings is 1. The number of aromatic nitrogens is 1. The summed E-state index contributed by atoms with van der Waals surface area (Å²) in [6, 6.07) is 0.773. The molecule has 17 heavy (non-hydrogen) atoms. The van der Waals surface area contributed by atoms with Crippen LogP contribution in [0.25, 0.3) is 0 Å². The first-order chi connectivity index (χ1) is 8.32. The zero-order chi connectivity index (χ0) is 11.7. The maximum absolute atomic E-state index is 4.62. The molecular formula is C14H22N2S. The molecule has 2 nitrogen and oxygen atoms in total. The molecule has 94 valence electrons. The molecule has 2 aliphatic carbocycles. The number of rotatable bonds is 4. The van der Waals surface area contributed by atoms with Crippen molar-refractivity contribution in [1.82, 2.24) is 10.3 Å². The fourth-order valence-electron chi connectivity index (χ4n) is 3.20. The quantitative estimate of drug-likeness (QED) is 0.881. The SMILES string of the molecule is CCC1CCCC(NC2CC2)(c2nccs2)C1. The number of hydrogen-bond donors (Lipinski definition) is 1. The predicted molar refractivity (Wildman–Crippen MR) is 72.2 cm³/mol. The average Bonchev–Trinajstić information content (AvgIpc) is 2.99. The average molecular weight is 250 g/mol. The van der Waals surface area contributed by atoms with Crippen LogP contribution >= 0.6 is 11.3 Å². The molecule has 2 saturated carbocycles. The van der Waals surface area contributed by atoms with E-state index < -0.39 is 0 Å². The summed E-state index contributed by atoms with van der Waals surface area (Å²) in [6.45, 7) is 2.33. The normalized spacial score (nSPS) is 33.8. The molecule has 0 bridgehead atoms. The van der Waals surface area contributed by atoms with Crippen LogP contribution in [0.4, 0.5) is 0 Å². The van der Waals surface area contributed by atoms with E-state index in [2.05, 4.69) is 22.6 Å². The van der Waals surface area contributed by atoms with Crippen LogP contribution in [0.5, 0.6) is 0 Å². The Kier molecular flexibility index (Phi) is 3.22. The van der Waals surface area contributed by atoms with Crippen molar-refractivity contribution in [3.8, 4) is 0 Å². The van der Waals surface area contributed by atoms with E-state index in [0.717, 1.165) is 12.0 Å². The summed E-state index contributed by atoms with van der Waals surface area (Å²) < 4.78 is 0. The van der Waals surface area contributed by atoms with Crippen molar-refractivity contribution >= 4 is 11.3 Å². The maximum Gasteiger partial charge on any atom is 0.113 e. The smallest absolute Gasteiger partial charge is 0.113 e. The Morgan fingerprint density at radius 3 is 3.00 bits per heavy atom. The largest absolute Gasteiger partial charge is 0.303 e. The van der Waals surface area contributed by atoms with E-state index in [1.165, 1.54) is 50.0 Å². The maximum atomic E-state index is 4.62. The fraction of sp³-hybridized carbons (Fsp3) is 0.786. The fourth-order valence-corrected chi connectivity index (χ4v) is 4.05. The van der Waals surface area contributed by atoms with Gasteiger partial charge in [0.25, 0.3) is 0 Å². The second-order valence-electron chi connectivity index (χ2n) is 5.71. The van der Waals surface area contributed by atoms with E-state index in [-0.39, 0.29) is 5.54 Å². The van der Waals surface area contributed by atoms with Crippen molar-refractivity contribution < 1.29 is 0 Å². The van der Waals surface area contributed by atoms with Gasteiger partial charge in [0.2, 0.25) is 0 Å². The summed E-state index contributed by atoms with van der Waals surface area (Å²) in [5.74, 6) is 0.888. The lowest BCUT2D eigenvalue weighted by Gasteiger charge is -2.40. The van der Waals surface area contributed by atoms with Gasteiger partial charge in [-0.05, 0) is 31.6 Å². The van der Waals surface area contributed by atoms with E-state index in [1.54, 1.807) is 0 Å². The Morgan fingerprint density at radius 2 is 2.35 bits per heavy atom. The van der Waals surface area contributed by atoms with Gasteiger partial charge in [0.15, 0.2) is 0 Å². The topological polar surface area (TPSA) is 24.9 Å². The zero-order valence-corrected chi connectivity index (χ0v) is 11.4. The van der Waals surface area contributed by atoms with Crippen LogP contribution in [0.1, 0.15) is 56.9 Å². The molecule has 1 aromatic heterocycles. The lowest BCUT2D eigenvalue weighted by atomic mass is 9.75. The Balaban J connectivity index is 1.84. The molecule has 0 amide bonds. The molecule has 3 rings (SSSR count). The first-order valence-corrected chi connectivity index (χ1v) is 7.88. The molecule has 2 fully saturated rings. The second kappa shape index (κ2) is 4.69. The van der Waals surface area contributed by atoms with Crippen molar-refractivity contribution in [3.63, 3.8) is 0 Å². The molecule has 0 aromatic carbocycles. The summed E-state index contributed by atoms with van der Waals surface area (Å²) in [7, 11) is 0. The first kappa shape index (κ1) is 11.7. The number of nitrogens with zero attached hydrogens (tertiary/aromatic N) is 1. The minimum atomic E-state index is 0.217. The van der Waals surface area contributed by atoms with E-state index in [4.69, 9.17) is 0 Å². The van der Waals surface area contributed by atoms with E-state index in [0.29, 0.717) is 0 Å². The standard InChI is InChI=1S/C14H22N2S/c1-2-11-4-3-7-14(10-11,16-12-5-6-12)13-15-8-9-17-13/h8-9,11-12,16H,2-7,10H2,1H3.